The molecule has 2 aliphatic rings. The molecule has 0 saturated carbocycles. The summed E-state index contributed by atoms with van der Waals surface area (Å²) in [5, 5.41) is -0.202. The Morgan fingerprint density at radius 2 is 2.10 bits per heavy atom. The number of morpholine rings is 1. The van der Waals surface area contributed by atoms with Crippen molar-refractivity contribution in [1.82, 2.24) is 19.9 Å². The Labute approximate surface area is 180 Å². The van der Waals surface area contributed by atoms with E-state index in [1.54, 1.807) is 12.4 Å². The van der Waals surface area contributed by atoms with Gasteiger partial charge in [-0.2, -0.15) is 0 Å². The summed E-state index contributed by atoms with van der Waals surface area (Å²) in [5.74, 6) is 0.991. The summed E-state index contributed by atoms with van der Waals surface area (Å²) in [6.45, 7) is 1.31. The van der Waals surface area contributed by atoms with Crippen LogP contribution in [0.1, 0.15) is 17.7 Å². The highest BCUT2D eigenvalue weighted by atomic mass is 32.2. The molecule has 5 heterocycles. The van der Waals surface area contributed by atoms with Crippen molar-refractivity contribution in [2.24, 2.45) is 0 Å². The number of nitrogens with two attached hydrogens (primary N) is 1. The van der Waals surface area contributed by atoms with E-state index < -0.39 is 9.84 Å². The number of nitrogen functional groups attached to an aromatic ring is 1. The highest BCUT2D eigenvalue weighted by Gasteiger charge is 2.40. The van der Waals surface area contributed by atoms with Gasteiger partial charge in [-0.15, -0.1) is 0 Å². The minimum atomic E-state index is -3.60. The van der Waals surface area contributed by atoms with Crippen LogP contribution in [0, 0.1) is 0 Å². The molecule has 0 spiro atoms. The molecule has 3 aromatic rings. The molecule has 0 aliphatic carbocycles. The van der Waals surface area contributed by atoms with Crippen LogP contribution in [0.3, 0.4) is 0 Å². The SMILES string of the molecule is CS(=O)(=O)c1nc(-c2cnc(N)c(Cc3ccccn3)c2)cc(N2CC3CC2CO3)n1. The van der Waals surface area contributed by atoms with E-state index >= 15 is 0 Å². The molecule has 9 nitrogen and oxygen atoms in total. The van der Waals surface area contributed by atoms with Crippen LogP contribution in [-0.4, -0.2) is 59.9 Å². The fourth-order valence-corrected chi connectivity index (χ4v) is 4.58. The average Bonchev–Trinajstić information content (AvgIpc) is 3.39. The topological polar surface area (TPSA) is 124 Å². The third-order valence-corrected chi connectivity index (χ3v) is 6.46. The highest BCUT2D eigenvalue weighted by molar-refractivity contribution is 7.90. The van der Waals surface area contributed by atoms with Gasteiger partial charge in [-0.05, 0) is 24.6 Å². The molecule has 3 aromatic heterocycles. The van der Waals surface area contributed by atoms with Crippen molar-refractivity contribution in [2.75, 3.05) is 30.0 Å². The maximum absolute atomic E-state index is 12.3. The van der Waals surface area contributed by atoms with Gasteiger partial charge in [0.05, 0.1) is 24.4 Å². The maximum atomic E-state index is 12.3. The van der Waals surface area contributed by atoms with Gasteiger partial charge in [-0.1, -0.05) is 6.07 Å². The number of hydrogen-bond acceptors (Lipinski definition) is 9. The van der Waals surface area contributed by atoms with E-state index in [0.29, 0.717) is 42.5 Å². The lowest BCUT2D eigenvalue weighted by Gasteiger charge is -2.28. The number of hydrogen-bond donors (Lipinski definition) is 1. The molecule has 160 valence electrons. The minimum absolute atomic E-state index is 0.160. The molecule has 2 saturated heterocycles. The molecular formula is C21H22N6O3S. The Kier molecular flexibility index (Phi) is 4.82. The Bertz CT molecular complexity index is 1240. The Morgan fingerprint density at radius 1 is 1.23 bits per heavy atom. The monoisotopic (exact) mass is 438 g/mol. The predicted octanol–water partition coefficient (Wildman–Crippen LogP) is 1.49. The largest absolute Gasteiger partial charge is 0.383 e. The van der Waals surface area contributed by atoms with E-state index in [-0.39, 0.29) is 17.3 Å². The van der Waals surface area contributed by atoms with Gasteiger partial charge in [0.25, 0.3) is 0 Å². The number of sulfone groups is 1. The maximum Gasteiger partial charge on any atom is 0.249 e. The third-order valence-electron chi connectivity index (χ3n) is 5.61. The quantitative estimate of drug-likeness (QED) is 0.590. The van der Waals surface area contributed by atoms with Crippen molar-refractivity contribution in [2.45, 2.75) is 30.1 Å². The average molecular weight is 439 g/mol. The lowest BCUT2D eigenvalue weighted by atomic mass is 10.1. The van der Waals surface area contributed by atoms with E-state index in [0.717, 1.165) is 23.9 Å². The Hall–Kier alpha value is -3.11. The molecule has 0 radical (unpaired) electrons. The van der Waals surface area contributed by atoms with E-state index in [1.165, 1.54) is 0 Å². The van der Waals surface area contributed by atoms with Crippen LogP contribution in [0.4, 0.5) is 11.6 Å². The predicted molar refractivity (Wildman–Crippen MR) is 115 cm³/mol. The first-order chi connectivity index (χ1) is 14.9. The van der Waals surface area contributed by atoms with Crippen molar-refractivity contribution in [3.63, 3.8) is 0 Å². The second-order valence-corrected chi connectivity index (χ2v) is 9.84. The summed E-state index contributed by atoms with van der Waals surface area (Å²) in [6.07, 6.45) is 6.04. The first-order valence-corrected chi connectivity index (χ1v) is 11.9. The molecule has 2 bridgehead atoms. The standard InChI is InChI=1S/C21H22N6O3S/c1-31(28,29)21-25-18(9-19(26-21)27-11-17-8-16(27)12-30-17)14-6-13(20(22)24-10-14)7-15-4-2-3-5-23-15/h2-6,9-10,16-17H,7-8,11-12H2,1H3,(H2,22,24). The molecule has 2 aliphatic heterocycles. The van der Waals surface area contributed by atoms with Crippen LogP contribution in [-0.2, 0) is 21.0 Å². The van der Waals surface area contributed by atoms with Gasteiger partial charge in [0, 0.05) is 54.5 Å². The first-order valence-electron chi connectivity index (χ1n) is 9.99. The molecule has 2 N–H and O–H groups in total. The summed E-state index contributed by atoms with van der Waals surface area (Å²) in [5.41, 5.74) is 8.92. The zero-order chi connectivity index (χ0) is 21.6. The molecule has 10 heteroatoms. The molecule has 2 fully saturated rings. The van der Waals surface area contributed by atoms with Gasteiger partial charge in [0.15, 0.2) is 0 Å². The van der Waals surface area contributed by atoms with Gasteiger partial charge in [0.2, 0.25) is 15.0 Å². The molecule has 2 atom stereocenters. The van der Waals surface area contributed by atoms with E-state index in [4.69, 9.17) is 10.5 Å². The van der Waals surface area contributed by atoms with Gasteiger partial charge >= 0.3 is 0 Å². The highest BCUT2D eigenvalue weighted by Crippen LogP contribution is 2.34. The zero-order valence-electron chi connectivity index (χ0n) is 17.0. The molecule has 2 unspecified atom stereocenters. The molecule has 31 heavy (non-hydrogen) atoms. The van der Waals surface area contributed by atoms with Crippen molar-refractivity contribution in [3.05, 3.63) is 54.0 Å². The Morgan fingerprint density at radius 3 is 2.77 bits per heavy atom. The normalized spacial score (nSPS) is 20.4. The van der Waals surface area contributed by atoms with Crippen molar-refractivity contribution in [1.29, 1.82) is 0 Å². The Balaban J connectivity index is 1.56. The zero-order valence-corrected chi connectivity index (χ0v) is 17.8. The molecule has 0 aromatic carbocycles. The van der Waals surface area contributed by atoms with Gasteiger partial charge in [0.1, 0.15) is 11.6 Å². The van der Waals surface area contributed by atoms with Gasteiger partial charge in [-0.25, -0.2) is 23.4 Å². The van der Waals surface area contributed by atoms with Crippen molar-refractivity contribution in [3.8, 4) is 11.3 Å². The number of pyridine rings is 2. The van der Waals surface area contributed by atoms with Crippen molar-refractivity contribution < 1.29 is 13.2 Å². The number of nitrogens with zero attached hydrogens (tertiary/aromatic N) is 5. The summed E-state index contributed by atoms with van der Waals surface area (Å²) in [6, 6.07) is 9.58. The summed E-state index contributed by atoms with van der Waals surface area (Å²) >= 11 is 0. The first kappa shape index (κ1) is 19.8. The molecular weight excluding hydrogens is 416 g/mol. The lowest BCUT2D eigenvalue weighted by Crippen LogP contribution is -2.37. The second-order valence-electron chi connectivity index (χ2n) is 7.93. The molecule has 0 amide bonds. The third kappa shape index (κ3) is 3.96. The van der Waals surface area contributed by atoms with Crippen LogP contribution in [0.5, 0.6) is 0 Å². The summed E-state index contributed by atoms with van der Waals surface area (Å²) in [7, 11) is -3.60. The van der Waals surface area contributed by atoms with Gasteiger partial charge in [-0.3, -0.25) is 4.98 Å². The number of rotatable bonds is 5. The number of ether oxygens (including phenoxy) is 1. The van der Waals surface area contributed by atoms with Crippen LogP contribution in [0.2, 0.25) is 0 Å². The van der Waals surface area contributed by atoms with Crippen LogP contribution in [0.15, 0.2) is 47.9 Å². The van der Waals surface area contributed by atoms with Crippen LogP contribution < -0.4 is 10.6 Å². The van der Waals surface area contributed by atoms with Crippen molar-refractivity contribution >= 4 is 21.5 Å². The minimum Gasteiger partial charge on any atom is -0.383 e. The molecule has 5 rings (SSSR count). The van der Waals surface area contributed by atoms with E-state index in [1.807, 2.05) is 30.3 Å². The second kappa shape index (κ2) is 7.54. The van der Waals surface area contributed by atoms with E-state index in [9.17, 15) is 8.42 Å². The smallest absolute Gasteiger partial charge is 0.249 e. The summed E-state index contributed by atoms with van der Waals surface area (Å²) < 4.78 is 30.3. The van der Waals surface area contributed by atoms with Crippen LogP contribution >= 0.6 is 0 Å². The number of anilines is 2. The van der Waals surface area contributed by atoms with Crippen LogP contribution in [0.25, 0.3) is 11.3 Å². The lowest BCUT2D eigenvalue weighted by molar-refractivity contribution is 0.0988. The van der Waals surface area contributed by atoms with E-state index in [2.05, 4.69) is 24.8 Å². The number of aromatic nitrogens is 4. The summed E-state index contributed by atoms with van der Waals surface area (Å²) in [4.78, 5) is 19.5. The number of fused-ring (bicyclic) bond motifs is 2. The van der Waals surface area contributed by atoms with Gasteiger partial charge < -0.3 is 15.4 Å². The fourth-order valence-electron chi connectivity index (χ4n) is 4.05. The fraction of sp³-hybridized carbons (Fsp3) is 0.333.